The Labute approximate surface area is 186 Å². The zero-order chi connectivity index (χ0) is 19.1. The highest BCUT2D eigenvalue weighted by atomic mass is 79.9. The van der Waals surface area contributed by atoms with E-state index in [1.165, 1.54) is 28.7 Å². The Bertz CT molecular complexity index is 929. The van der Waals surface area contributed by atoms with Gasteiger partial charge in [0.1, 0.15) is 0 Å². The first kappa shape index (κ1) is 20.8. The summed E-state index contributed by atoms with van der Waals surface area (Å²) >= 11 is 15.2. The standard InChI is InChI=1S/C16H12BrClN4OS4/c17-13-6-5-12(26-13)7-19-20-14(23)9-25-16-22-21-15(27-16)24-8-10-1-3-11(18)4-2-10/h1-7H,8-9H2,(H,20,23). The lowest BCUT2D eigenvalue weighted by molar-refractivity contribution is -0.118. The van der Waals surface area contributed by atoms with Gasteiger partial charge in [-0.05, 0) is 45.8 Å². The molecule has 0 radical (unpaired) electrons. The molecule has 0 atom stereocenters. The van der Waals surface area contributed by atoms with Crippen molar-refractivity contribution >= 4 is 85.9 Å². The molecule has 0 bridgehead atoms. The monoisotopic (exact) mass is 518 g/mol. The van der Waals surface area contributed by atoms with Gasteiger partial charge in [0.2, 0.25) is 0 Å². The third kappa shape index (κ3) is 7.20. The molecular formula is C16H12BrClN4OS4. The molecule has 1 N–H and O–H groups in total. The second kappa shape index (κ2) is 10.6. The van der Waals surface area contributed by atoms with E-state index < -0.39 is 0 Å². The van der Waals surface area contributed by atoms with E-state index in [-0.39, 0.29) is 11.7 Å². The number of carbonyl (C=O) groups is 1. The number of amides is 1. The summed E-state index contributed by atoms with van der Waals surface area (Å²) in [6.07, 6.45) is 1.62. The van der Waals surface area contributed by atoms with Crippen LogP contribution < -0.4 is 5.43 Å². The summed E-state index contributed by atoms with van der Waals surface area (Å²) < 4.78 is 2.65. The molecule has 1 amide bonds. The highest BCUT2D eigenvalue weighted by Gasteiger charge is 2.08. The van der Waals surface area contributed by atoms with Crippen LogP contribution in [0, 0.1) is 0 Å². The Kier molecular flexibility index (Phi) is 8.16. The number of nitrogens with one attached hydrogen (secondary N) is 1. The zero-order valence-corrected chi connectivity index (χ0v) is 19.2. The van der Waals surface area contributed by atoms with Gasteiger partial charge in [-0.3, -0.25) is 4.79 Å². The Morgan fingerprint density at radius 3 is 2.59 bits per heavy atom. The zero-order valence-electron chi connectivity index (χ0n) is 13.6. The molecule has 0 unspecified atom stereocenters. The summed E-state index contributed by atoms with van der Waals surface area (Å²) in [7, 11) is 0. The molecule has 0 saturated carbocycles. The van der Waals surface area contributed by atoms with Crippen molar-refractivity contribution in [3.63, 3.8) is 0 Å². The number of rotatable bonds is 8. The maximum Gasteiger partial charge on any atom is 0.250 e. The fourth-order valence-corrected chi connectivity index (χ4v) is 5.95. The molecular weight excluding hydrogens is 508 g/mol. The van der Waals surface area contributed by atoms with E-state index in [0.717, 1.165) is 28.1 Å². The lowest BCUT2D eigenvalue weighted by atomic mass is 10.2. The number of hydrazone groups is 1. The van der Waals surface area contributed by atoms with Gasteiger partial charge in [0.15, 0.2) is 8.68 Å². The first-order valence-corrected chi connectivity index (χ1v) is 12.3. The van der Waals surface area contributed by atoms with Gasteiger partial charge in [0.25, 0.3) is 5.91 Å². The number of thioether (sulfide) groups is 2. The number of aromatic nitrogens is 2. The number of carbonyl (C=O) groups excluding carboxylic acids is 1. The molecule has 0 aliphatic rings. The first-order chi connectivity index (χ1) is 13.1. The minimum Gasteiger partial charge on any atom is -0.272 e. The average Bonchev–Trinajstić information content (AvgIpc) is 3.28. The highest BCUT2D eigenvalue weighted by molar-refractivity contribution is 9.11. The molecule has 2 aromatic heterocycles. The number of nitrogens with zero attached hydrogens (tertiary/aromatic N) is 3. The van der Waals surface area contributed by atoms with Gasteiger partial charge in [-0.15, -0.1) is 21.5 Å². The van der Waals surface area contributed by atoms with Gasteiger partial charge < -0.3 is 0 Å². The SMILES string of the molecule is O=C(CSc1nnc(SCc2ccc(Cl)cc2)s1)NN=Cc1ccc(Br)s1. The van der Waals surface area contributed by atoms with Crippen LogP contribution >= 0.6 is 73.7 Å². The minimum atomic E-state index is -0.183. The summed E-state index contributed by atoms with van der Waals surface area (Å²) in [5, 5.41) is 12.9. The van der Waals surface area contributed by atoms with Crippen LogP contribution in [0.4, 0.5) is 0 Å². The molecule has 0 aliphatic heterocycles. The molecule has 0 saturated heterocycles. The minimum absolute atomic E-state index is 0.183. The van der Waals surface area contributed by atoms with Crippen LogP contribution in [0.1, 0.15) is 10.4 Å². The van der Waals surface area contributed by atoms with Crippen molar-refractivity contribution in [3.05, 3.63) is 55.6 Å². The summed E-state index contributed by atoms with van der Waals surface area (Å²) in [6.45, 7) is 0. The van der Waals surface area contributed by atoms with Gasteiger partial charge in [-0.2, -0.15) is 5.10 Å². The number of halogens is 2. The lowest BCUT2D eigenvalue weighted by Crippen LogP contribution is -2.19. The van der Waals surface area contributed by atoms with Crippen molar-refractivity contribution in [1.82, 2.24) is 15.6 Å². The second-order valence-electron chi connectivity index (χ2n) is 4.97. The van der Waals surface area contributed by atoms with Crippen LogP contribution in [0.25, 0.3) is 0 Å². The van der Waals surface area contributed by atoms with Gasteiger partial charge in [-0.25, -0.2) is 5.43 Å². The van der Waals surface area contributed by atoms with Gasteiger partial charge in [-0.1, -0.05) is 58.6 Å². The van der Waals surface area contributed by atoms with Crippen LogP contribution in [0.15, 0.2) is 54.0 Å². The van der Waals surface area contributed by atoms with Gasteiger partial charge in [0, 0.05) is 15.7 Å². The van der Waals surface area contributed by atoms with Crippen LogP contribution in [0.5, 0.6) is 0 Å². The number of benzene rings is 1. The number of hydrogen-bond acceptors (Lipinski definition) is 8. The lowest BCUT2D eigenvalue weighted by Gasteiger charge is -1.98. The third-order valence-electron chi connectivity index (χ3n) is 2.97. The molecule has 27 heavy (non-hydrogen) atoms. The fourth-order valence-electron chi connectivity index (χ4n) is 1.76. The molecule has 140 valence electrons. The maximum absolute atomic E-state index is 11.8. The molecule has 3 aromatic rings. The summed E-state index contributed by atoms with van der Waals surface area (Å²) in [5.74, 6) is 0.851. The third-order valence-corrected chi connectivity index (χ3v) is 8.04. The van der Waals surface area contributed by atoms with Crippen LogP contribution in [-0.2, 0) is 10.5 Å². The van der Waals surface area contributed by atoms with E-state index >= 15 is 0 Å². The Morgan fingerprint density at radius 2 is 1.89 bits per heavy atom. The normalized spacial score (nSPS) is 11.2. The smallest absolute Gasteiger partial charge is 0.250 e. The van der Waals surface area contributed by atoms with Gasteiger partial charge >= 0.3 is 0 Å². The first-order valence-electron chi connectivity index (χ1n) is 7.49. The number of thiophene rings is 1. The van der Waals surface area contributed by atoms with E-state index in [0.29, 0.717) is 0 Å². The molecule has 11 heteroatoms. The topological polar surface area (TPSA) is 67.2 Å². The summed E-state index contributed by atoms with van der Waals surface area (Å²) in [5.41, 5.74) is 3.68. The quantitative estimate of drug-likeness (QED) is 0.240. The van der Waals surface area contributed by atoms with E-state index in [9.17, 15) is 4.79 Å². The van der Waals surface area contributed by atoms with E-state index in [4.69, 9.17) is 11.6 Å². The fraction of sp³-hybridized carbons (Fsp3) is 0.125. The Hall–Kier alpha value is -0.910. The Balaban J connectivity index is 1.40. The van der Waals surface area contributed by atoms with E-state index in [1.54, 1.807) is 29.3 Å². The van der Waals surface area contributed by atoms with Crippen molar-refractivity contribution in [2.75, 3.05) is 5.75 Å². The van der Waals surface area contributed by atoms with Crippen LogP contribution in [-0.4, -0.2) is 28.1 Å². The van der Waals surface area contributed by atoms with E-state index in [1.807, 2.05) is 36.4 Å². The highest BCUT2D eigenvalue weighted by Crippen LogP contribution is 2.30. The largest absolute Gasteiger partial charge is 0.272 e. The predicted molar refractivity (Wildman–Crippen MR) is 119 cm³/mol. The molecule has 2 heterocycles. The second-order valence-corrected chi connectivity index (χ2v) is 11.3. The Morgan fingerprint density at radius 1 is 1.15 bits per heavy atom. The van der Waals surface area contributed by atoms with Crippen molar-refractivity contribution in [3.8, 4) is 0 Å². The average molecular weight is 520 g/mol. The summed E-state index contributed by atoms with van der Waals surface area (Å²) in [4.78, 5) is 12.8. The van der Waals surface area contributed by atoms with Crippen molar-refractivity contribution in [2.45, 2.75) is 14.4 Å². The molecule has 3 rings (SSSR count). The van der Waals surface area contributed by atoms with Crippen molar-refractivity contribution < 1.29 is 4.79 Å². The maximum atomic E-state index is 11.8. The molecule has 0 fully saturated rings. The van der Waals surface area contributed by atoms with Crippen molar-refractivity contribution in [1.29, 1.82) is 0 Å². The van der Waals surface area contributed by atoms with Crippen LogP contribution in [0.2, 0.25) is 5.02 Å². The predicted octanol–water partition coefficient (Wildman–Crippen LogP) is 5.55. The van der Waals surface area contributed by atoms with Gasteiger partial charge in [0.05, 0.1) is 15.8 Å². The van der Waals surface area contributed by atoms with E-state index in [2.05, 4.69) is 36.7 Å². The number of hydrogen-bond donors (Lipinski definition) is 1. The van der Waals surface area contributed by atoms with Crippen molar-refractivity contribution in [2.24, 2.45) is 5.10 Å². The molecule has 5 nitrogen and oxygen atoms in total. The molecule has 0 spiro atoms. The summed E-state index contributed by atoms with van der Waals surface area (Å²) in [6, 6.07) is 11.6. The molecule has 0 aliphatic carbocycles. The van der Waals surface area contributed by atoms with Crippen LogP contribution in [0.3, 0.4) is 0 Å². The molecule has 1 aromatic carbocycles.